The van der Waals surface area contributed by atoms with Crippen LogP contribution in [0.2, 0.25) is 0 Å². The highest BCUT2D eigenvalue weighted by molar-refractivity contribution is 5.91. The molecule has 2 saturated heterocycles. The molecule has 0 unspecified atom stereocenters. The predicted octanol–water partition coefficient (Wildman–Crippen LogP) is 1.96. The first kappa shape index (κ1) is 22.1. The zero-order valence-corrected chi connectivity index (χ0v) is 17.8. The van der Waals surface area contributed by atoms with Crippen LogP contribution in [0.25, 0.3) is 0 Å². The number of fused-ring (bicyclic) bond motifs is 1. The number of nitrogens with one attached hydrogen (secondary N) is 1. The van der Waals surface area contributed by atoms with Gasteiger partial charge in [-0.3, -0.25) is 4.79 Å². The molecule has 0 aliphatic carbocycles. The van der Waals surface area contributed by atoms with Crippen molar-refractivity contribution in [2.45, 2.75) is 70.4 Å². The van der Waals surface area contributed by atoms with Crippen LogP contribution < -0.4 is 11.1 Å². The lowest BCUT2D eigenvalue weighted by Gasteiger charge is -2.41. The Morgan fingerprint density at radius 1 is 1.20 bits per heavy atom. The van der Waals surface area contributed by atoms with Crippen LogP contribution in [-0.2, 0) is 25.7 Å². The molecule has 0 radical (unpaired) electrons. The van der Waals surface area contributed by atoms with E-state index in [1.165, 1.54) is 0 Å². The standard InChI is InChI=1S/C22H31N3O5/c1-22(2,3)30-20(27)17-10-9-16-11-15(12-23)18(19(26)25(16)17)24-21(28)29-13-14-7-5-4-6-8-14/h4-8,15-18H,9-13,23H2,1-3H3,(H,24,28)/t15-,16-,17-,18+/m0/s1. The second-order valence-electron chi connectivity index (χ2n) is 8.94. The van der Waals surface area contributed by atoms with E-state index in [1.807, 2.05) is 30.3 Å². The Labute approximate surface area is 177 Å². The summed E-state index contributed by atoms with van der Waals surface area (Å²) in [6.45, 7) is 5.76. The van der Waals surface area contributed by atoms with Crippen LogP contribution in [0.3, 0.4) is 0 Å². The molecule has 1 aromatic carbocycles. The summed E-state index contributed by atoms with van der Waals surface area (Å²) in [6, 6.07) is 7.77. The van der Waals surface area contributed by atoms with Crippen molar-refractivity contribution in [2.24, 2.45) is 11.7 Å². The molecule has 3 N–H and O–H groups in total. The lowest BCUT2D eigenvalue weighted by atomic mass is 9.86. The van der Waals surface area contributed by atoms with E-state index in [0.717, 1.165) is 12.0 Å². The normalized spacial score (nSPS) is 26.1. The summed E-state index contributed by atoms with van der Waals surface area (Å²) in [5, 5.41) is 2.68. The van der Waals surface area contributed by atoms with E-state index in [1.54, 1.807) is 25.7 Å². The first-order valence-electron chi connectivity index (χ1n) is 10.4. The SMILES string of the molecule is CC(C)(C)OC(=O)[C@@H]1CC[C@H]2C[C@@H](CN)[C@@H](NC(=O)OCc3ccccc3)C(=O)N21. The molecule has 30 heavy (non-hydrogen) atoms. The highest BCUT2D eigenvalue weighted by atomic mass is 16.6. The molecule has 8 nitrogen and oxygen atoms in total. The van der Waals surface area contributed by atoms with E-state index in [-0.39, 0.29) is 31.0 Å². The quantitative estimate of drug-likeness (QED) is 0.709. The number of piperidine rings is 1. The van der Waals surface area contributed by atoms with Crippen LogP contribution >= 0.6 is 0 Å². The molecule has 2 aliphatic heterocycles. The van der Waals surface area contributed by atoms with Crippen molar-refractivity contribution in [3.8, 4) is 0 Å². The number of hydrogen-bond donors (Lipinski definition) is 2. The van der Waals surface area contributed by atoms with Crippen molar-refractivity contribution < 1.29 is 23.9 Å². The molecule has 2 aliphatic rings. The number of ether oxygens (including phenoxy) is 2. The van der Waals surface area contributed by atoms with Crippen LogP contribution in [0, 0.1) is 5.92 Å². The lowest BCUT2D eigenvalue weighted by molar-refractivity contribution is -0.166. The Morgan fingerprint density at radius 2 is 1.90 bits per heavy atom. The summed E-state index contributed by atoms with van der Waals surface area (Å²) in [5.41, 5.74) is 6.12. The van der Waals surface area contributed by atoms with Crippen molar-refractivity contribution in [1.82, 2.24) is 10.2 Å². The van der Waals surface area contributed by atoms with Crippen molar-refractivity contribution in [3.63, 3.8) is 0 Å². The van der Waals surface area contributed by atoms with E-state index in [4.69, 9.17) is 15.2 Å². The van der Waals surface area contributed by atoms with E-state index < -0.39 is 29.7 Å². The van der Waals surface area contributed by atoms with Crippen LogP contribution in [0.1, 0.15) is 45.6 Å². The minimum atomic E-state index is -0.822. The number of esters is 1. The van der Waals surface area contributed by atoms with Gasteiger partial charge in [0.05, 0.1) is 0 Å². The summed E-state index contributed by atoms with van der Waals surface area (Å²) in [6.07, 6.45) is 1.22. The predicted molar refractivity (Wildman–Crippen MR) is 110 cm³/mol. The number of carbonyl (C=O) groups excluding carboxylic acids is 3. The monoisotopic (exact) mass is 417 g/mol. The fraction of sp³-hybridized carbons (Fsp3) is 0.591. The molecular formula is C22H31N3O5. The van der Waals surface area contributed by atoms with E-state index in [9.17, 15) is 14.4 Å². The number of benzene rings is 1. The number of alkyl carbamates (subject to hydrolysis) is 1. The zero-order chi connectivity index (χ0) is 21.9. The first-order chi connectivity index (χ1) is 14.2. The van der Waals surface area contributed by atoms with Gasteiger partial charge in [0, 0.05) is 12.0 Å². The molecular weight excluding hydrogens is 386 g/mol. The van der Waals surface area contributed by atoms with Crippen molar-refractivity contribution >= 4 is 18.0 Å². The topological polar surface area (TPSA) is 111 Å². The van der Waals surface area contributed by atoms with Gasteiger partial charge in [0.2, 0.25) is 5.91 Å². The third kappa shape index (κ3) is 5.11. The molecule has 2 amide bonds. The Bertz CT molecular complexity index is 777. The lowest BCUT2D eigenvalue weighted by Crippen LogP contribution is -2.62. The fourth-order valence-corrected chi connectivity index (χ4v) is 4.20. The molecule has 164 valence electrons. The van der Waals surface area contributed by atoms with Gasteiger partial charge in [-0.05, 0) is 52.1 Å². The molecule has 4 atom stereocenters. The summed E-state index contributed by atoms with van der Waals surface area (Å²) in [5.74, 6) is -0.915. The molecule has 2 heterocycles. The molecule has 1 aromatic rings. The number of amides is 2. The Balaban J connectivity index is 1.67. The maximum Gasteiger partial charge on any atom is 0.408 e. The second-order valence-corrected chi connectivity index (χ2v) is 8.94. The van der Waals surface area contributed by atoms with E-state index >= 15 is 0 Å². The summed E-state index contributed by atoms with van der Waals surface area (Å²) in [4.78, 5) is 39.8. The molecule has 0 bridgehead atoms. The van der Waals surface area contributed by atoms with E-state index in [0.29, 0.717) is 12.8 Å². The van der Waals surface area contributed by atoms with Gasteiger partial charge in [-0.15, -0.1) is 0 Å². The van der Waals surface area contributed by atoms with Gasteiger partial charge >= 0.3 is 12.1 Å². The average Bonchev–Trinajstić information content (AvgIpc) is 3.12. The van der Waals surface area contributed by atoms with Crippen LogP contribution in [0.15, 0.2) is 30.3 Å². The largest absolute Gasteiger partial charge is 0.458 e. The van der Waals surface area contributed by atoms with Crippen LogP contribution in [0.4, 0.5) is 4.79 Å². The summed E-state index contributed by atoms with van der Waals surface area (Å²) in [7, 11) is 0. The number of nitrogens with zero attached hydrogens (tertiary/aromatic N) is 1. The number of rotatable bonds is 5. The van der Waals surface area contributed by atoms with Crippen LogP contribution in [-0.4, -0.2) is 53.1 Å². The van der Waals surface area contributed by atoms with Gasteiger partial charge in [-0.25, -0.2) is 9.59 Å². The summed E-state index contributed by atoms with van der Waals surface area (Å²) < 4.78 is 10.8. The summed E-state index contributed by atoms with van der Waals surface area (Å²) >= 11 is 0. The number of hydrogen-bond acceptors (Lipinski definition) is 6. The molecule has 3 rings (SSSR count). The van der Waals surface area contributed by atoms with Crippen molar-refractivity contribution in [2.75, 3.05) is 6.54 Å². The third-order valence-electron chi connectivity index (χ3n) is 5.54. The Hall–Kier alpha value is -2.61. The minimum Gasteiger partial charge on any atom is -0.458 e. The van der Waals surface area contributed by atoms with Crippen LogP contribution in [0.5, 0.6) is 0 Å². The molecule has 0 saturated carbocycles. The fourth-order valence-electron chi connectivity index (χ4n) is 4.20. The second kappa shape index (κ2) is 9.04. The van der Waals surface area contributed by atoms with Gasteiger partial charge in [-0.1, -0.05) is 30.3 Å². The molecule has 0 aromatic heterocycles. The molecule has 2 fully saturated rings. The smallest absolute Gasteiger partial charge is 0.408 e. The molecule has 0 spiro atoms. The van der Waals surface area contributed by atoms with Gasteiger partial charge in [0.25, 0.3) is 0 Å². The first-order valence-corrected chi connectivity index (χ1v) is 10.4. The van der Waals surface area contributed by atoms with Gasteiger partial charge in [-0.2, -0.15) is 0 Å². The van der Waals surface area contributed by atoms with Crippen molar-refractivity contribution in [3.05, 3.63) is 35.9 Å². The number of carbonyl (C=O) groups is 3. The number of nitrogens with two attached hydrogens (primary N) is 1. The third-order valence-corrected chi connectivity index (χ3v) is 5.54. The minimum absolute atomic E-state index is 0.0676. The maximum atomic E-state index is 13.3. The zero-order valence-electron chi connectivity index (χ0n) is 17.8. The maximum absolute atomic E-state index is 13.3. The highest BCUT2D eigenvalue weighted by Crippen LogP contribution is 2.36. The van der Waals surface area contributed by atoms with Gasteiger partial charge in [0.1, 0.15) is 24.3 Å². The van der Waals surface area contributed by atoms with Gasteiger partial charge in [0.15, 0.2) is 0 Å². The Morgan fingerprint density at radius 3 is 2.53 bits per heavy atom. The van der Waals surface area contributed by atoms with E-state index in [2.05, 4.69) is 5.32 Å². The Kier molecular flexibility index (Phi) is 6.65. The molecule has 8 heteroatoms. The highest BCUT2D eigenvalue weighted by Gasteiger charge is 2.50. The van der Waals surface area contributed by atoms with Crippen molar-refractivity contribution in [1.29, 1.82) is 0 Å². The van der Waals surface area contributed by atoms with Gasteiger partial charge < -0.3 is 25.4 Å². The average molecular weight is 418 g/mol.